The molecule has 104 valence electrons. The summed E-state index contributed by atoms with van der Waals surface area (Å²) in [6, 6.07) is 9.67. The summed E-state index contributed by atoms with van der Waals surface area (Å²) >= 11 is 2.14. The molecule has 0 amide bonds. The Hall–Kier alpha value is -0.670. The van der Waals surface area contributed by atoms with Gasteiger partial charge in [0.2, 0.25) is 0 Å². The van der Waals surface area contributed by atoms with Crippen LogP contribution in [0.2, 0.25) is 0 Å². The summed E-state index contributed by atoms with van der Waals surface area (Å²) in [7, 11) is 0. The van der Waals surface area contributed by atoms with Gasteiger partial charge in [0.1, 0.15) is 0 Å². The van der Waals surface area contributed by atoms with E-state index in [-0.39, 0.29) is 0 Å². The highest BCUT2D eigenvalue weighted by molar-refractivity contribution is 8.00. The number of hydrogen-bond donors (Lipinski definition) is 1. The van der Waals surface area contributed by atoms with Crippen molar-refractivity contribution in [2.45, 2.75) is 43.4 Å². The predicted octanol–water partition coefficient (Wildman–Crippen LogP) is 3.22. The summed E-state index contributed by atoms with van der Waals surface area (Å²) in [5.74, 6) is 1.97. The van der Waals surface area contributed by atoms with E-state index >= 15 is 0 Å². The van der Waals surface area contributed by atoms with Gasteiger partial charge < -0.3 is 10.6 Å². The molecule has 3 unspecified atom stereocenters. The molecule has 3 heteroatoms. The van der Waals surface area contributed by atoms with Crippen molar-refractivity contribution in [3.8, 4) is 0 Å². The third-order valence-electron chi connectivity index (χ3n) is 4.59. The Morgan fingerprint density at radius 3 is 3.00 bits per heavy atom. The number of hydrogen-bond acceptors (Lipinski definition) is 3. The van der Waals surface area contributed by atoms with E-state index in [1.807, 2.05) is 0 Å². The molecule has 0 radical (unpaired) electrons. The van der Waals surface area contributed by atoms with Crippen molar-refractivity contribution in [2.75, 3.05) is 23.7 Å². The monoisotopic (exact) mass is 276 g/mol. The van der Waals surface area contributed by atoms with Gasteiger partial charge in [-0.15, -0.1) is 0 Å². The first-order chi connectivity index (χ1) is 9.31. The number of nitrogens with zero attached hydrogens (tertiary/aromatic N) is 1. The number of rotatable bonds is 3. The zero-order valence-electron chi connectivity index (χ0n) is 11.7. The van der Waals surface area contributed by atoms with Gasteiger partial charge in [0.25, 0.3) is 0 Å². The van der Waals surface area contributed by atoms with E-state index in [1.165, 1.54) is 36.4 Å². The van der Waals surface area contributed by atoms with Crippen LogP contribution in [0.3, 0.4) is 0 Å². The molecule has 2 nitrogen and oxygen atoms in total. The summed E-state index contributed by atoms with van der Waals surface area (Å²) in [6.07, 6.45) is 3.82. The second-order valence-electron chi connectivity index (χ2n) is 5.77. The van der Waals surface area contributed by atoms with Crippen LogP contribution in [-0.4, -0.2) is 30.1 Å². The molecule has 2 aliphatic heterocycles. The Morgan fingerprint density at radius 1 is 1.37 bits per heavy atom. The van der Waals surface area contributed by atoms with E-state index in [0.717, 1.165) is 18.2 Å². The zero-order chi connectivity index (χ0) is 13.2. The SMILES string of the molecule is CC1SCCCC1N1CC(CCN)c2ccccc21. The maximum atomic E-state index is 5.79. The van der Waals surface area contributed by atoms with Crippen LogP contribution < -0.4 is 10.6 Å². The fourth-order valence-electron chi connectivity index (χ4n) is 3.61. The molecule has 3 rings (SSSR count). The highest BCUT2D eigenvalue weighted by Crippen LogP contribution is 2.42. The minimum absolute atomic E-state index is 0.639. The zero-order valence-corrected chi connectivity index (χ0v) is 12.5. The second kappa shape index (κ2) is 5.76. The first-order valence-electron chi connectivity index (χ1n) is 7.48. The highest BCUT2D eigenvalue weighted by atomic mass is 32.2. The van der Waals surface area contributed by atoms with Gasteiger partial charge in [0.05, 0.1) is 0 Å². The number of anilines is 1. The van der Waals surface area contributed by atoms with Gasteiger partial charge in [-0.1, -0.05) is 25.1 Å². The topological polar surface area (TPSA) is 29.3 Å². The van der Waals surface area contributed by atoms with Crippen LogP contribution in [0.1, 0.15) is 37.7 Å². The third-order valence-corrected chi connectivity index (χ3v) is 5.95. The first-order valence-corrected chi connectivity index (χ1v) is 8.53. The Morgan fingerprint density at radius 2 is 2.21 bits per heavy atom. The van der Waals surface area contributed by atoms with Gasteiger partial charge in [-0.2, -0.15) is 11.8 Å². The minimum Gasteiger partial charge on any atom is -0.367 e. The van der Waals surface area contributed by atoms with Crippen LogP contribution in [0.25, 0.3) is 0 Å². The maximum absolute atomic E-state index is 5.79. The molecule has 19 heavy (non-hydrogen) atoms. The van der Waals surface area contributed by atoms with Gasteiger partial charge in [-0.3, -0.25) is 0 Å². The normalized spacial score (nSPS) is 30.4. The van der Waals surface area contributed by atoms with Crippen LogP contribution in [0.4, 0.5) is 5.69 Å². The molecule has 1 saturated heterocycles. The molecule has 0 bridgehead atoms. The predicted molar refractivity (Wildman–Crippen MR) is 85.1 cm³/mol. The number of fused-ring (bicyclic) bond motifs is 1. The number of thioether (sulfide) groups is 1. The number of nitrogens with two attached hydrogens (primary N) is 1. The molecule has 1 aromatic rings. The molecule has 0 aliphatic carbocycles. The van der Waals surface area contributed by atoms with Gasteiger partial charge in [0.15, 0.2) is 0 Å². The van der Waals surface area contributed by atoms with E-state index in [1.54, 1.807) is 0 Å². The molecule has 0 spiro atoms. The van der Waals surface area contributed by atoms with Crippen molar-refractivity contribution in [3.63, 3.8) is 0 Å². The lowest BCUT2D eigenvalue weighted by Gasteiger charge is -2.37. The van der Waals surface area contributed by atoms with Crippen molar-refractivity contribution < 1.29 is 0 Å². The lowest BCUT2D eigenvalue weighted by molar-refractivity contribution is 0.516. The van der Waals surface area contributed by atoms with Crippen LogP contribution in [0, 0.1) is 0 Å². The molecule has 2 N–H and O–H groups in total. The molecular weight excluding hydrogens is 252 g/mol. The van der Waals surface area contributed by atoms with Gasteiger partial charge in [0, 0.05) is 29.4 Å². The molecule has 0 saturated carbocycles. The van der Waals surface area contributed by atoms with Crippen LogP contribution >= 0.6 is 11.8 Å². The average Bonchev–Trinajstić information content (AvgIpc) is 2.79. The fraction of sp³-hybridized carbons (Fsp3) is 0.625. The van der Waals surface area contributed by atoms with Gasteiger partial charge >= 0.3 is 0 Å². The Balaban J connectivity index is 1.87. The molecule has 3 atom stereocenters. The lowest BCUT2D eigenvalue weighted by atomic mass is 9.98. The van der Waals surface area contributed by atoms with Crippen LogP contribution in [-0.2, 0) is 0 Å². The summed E-state index contributed by atoms with van der Waals surface area (Å²) in [5, 5.41) is 0.749. The first kappa shape index (κ1) is 13.3. The third kappa shape index (κ3) is 2.50. The van der Waals surface area contributed by atoms with Crippen molar-refractivity contribution >= 4 is 17.4 Å². The summed E-state index contributed by atoms with van der Waals surface area (Å²) < 4.78 is 0. The molecule has 1 fully saturated rings. The lowest BCUT2D eigenvalue weighted by Crippen LogP contribution is -2.42. The van der Waals surface area contributed by atoms with Crippen LogP contribution in [0.15, 0.2) is 24.3 Å². The Labute approximate surface area is 120 Å². The van der Waals surface area contributed by atoms with Crippen LogP contribution in [0.5, 0.6) is 0 Å². The fourth-order valence-corrected chi connectivity index (χ4v) is 4.82. The summed E-state index contributed by atoms with van der Waals surface area (Å²) in [5.41, 5.74) is 8.79. The largest absolute Gasteiger partial charge is 0.367 e. The number of para-hydroxylation sites is 1. The standard InChI is InChI=1S/C16H24N2S/c1-12-15(7-4-10-19-12)18-11-13(8-9-17)14-5-2-3-6-16(14)18/h2-3,5-6,12-13,15H,4,7-11,17H2,1H3. The molecule has 2 heterocycles. The number of benzene rings is 1. The Kier molecular flexibility index (Phi) is 4.04. The minimum atomic E-state index is 0.639. The molecular formula is C16H24N2S. The smallest absolute Gasteiger partial charge is 0.0406 e. The van der Waals surface area contributed by atoms with E-state index < -0.39 is 0 Å². The quantitative estimate of drug-likeness (QED) is 0.919. The molecule has 1 aromatic carbocycles. The average molecular weight is 276 g/mol. The van der Waals surface area contributed by atoms with E-state index in [0.29, 0.717) is 12.0 Å². The second-order valence-corrected chi connectivity index (χ2v) is 7.26. The van der Waals surface area contributed by atoms with Crippen molar-refractivity contribution in [1.82, 2.24) is 0 Å². The van der Waals surface area contributed by atoms with E-state index in [2.05, 4.69) is 47.9 Å². The van der Waals surface area contributed by atoms with Gasteiger partial charge in [-0.05, 0) is 43.2 Å². The van der Waals surface area contributed by atoms with Crippen molar-refractivity contribution in [3.05, 3.63) is 29.8 Å². The van der Waals surface area contributed by atoms with Gasteiger partial charge in [-0.25, -0.2) is 0 Å². The van der Waals surface area contributed by atoms with Crippen molar-refractivity contribution in [1.29, 1.82) is 0 Å². The maximum Gasteiger partial charge on any atom is 0.0406 e. The van der Waals surface area contributed by atoms with E-state index in [9.17, 15) is 0 Å². The summed E-state index contributed by atoms with van der Waals surface area (Å²) in [6.45, 7) is 4.36. The van der Waals surface area contributed by atoms with E-state index in [4.69, 9.17) is 5.73 Å². The van der Waals surface area contributed by atoms with Crippen molar-refractivity contribution in [2.24, 2.45) is 5.73 Å². The molecule has 2 aliphatic rings. The highest BCUT2D eigenvalue weighted by Gasteiger charge is 2.35. The molecule has 0 aromatic heterocycles. The summed E-state index contributed by atoms with van der Waals surface area (Å²) in [4.78, 5) is 2.67. The Bertz CT molecular complexity index is 435.